The SMILES string of the molecule is CCCOc1cccc(NCC(=O)NCc2ccccc2)c1. The summed E-state index contributed by atoms with van der Waals surface area (Å²) in [5.41, 5.74) is 1.97. The molecule has 4 heteroatoms. The first-order valence-corrected chi connectivity index (χ1v) is 7.55. The summed E-state index contributed by atoms with van der Waals surface area (Å²) in [7, 11) is 0. The second kappa shape index (κ2) is 8.72. The molecular weight excluding hydrogens is 276 g/mol. The van der Waals surface area contributed by atoms with Crippen LogP contribution in [0.1, 0.15) is 18.9 Å². The summed E-state index contributed by atoms with van der Waals surface area (Å²) in [5.74, 6) is 0.778. The lowest BCUT2D eigenvalue weighted by atomic mass is 10.2. The Hall–Kier alpha value is -2.49. The fourth-order valence-corrected chi connectivity index (χ4v) is 1.96. The standard InChI is InChI=1S/C18H22N2O2/c1-2-11-22-17-10-6-9-16(12-17)19-14-18(21)20-13-15-7-4-3-5-8-15/h3-10,12,19H,2,11,13-14H2,1H3,(H,20,21). The Morgan fingerprint density at radius 1 is 1.09 bits per heavy atom. The first-order chi connectivity index (χ1) is 10.8. The van der Waals surface area contributed by atoms with Gasteiger partial charge in [-0.2, -0.15) is 0 Å². The summed E-state index contributed by atoms with van der Waals surface area (Å²) in [6, 6.07) is 17.5. The molecule has 2 N–H and O–H groups in total. The van der Waals surface area contributed by atoms with Crippen molar-refractivity contribution in [2.24, 2.45) is 0 Å². The minimum atomic E-state index is -0.0382. The third-order valence-corrected chi connectivity index (χ3v) is 3.09. The molecule has 4 nitrogen and oxygen atoms in total. The number of hydrogen-bond acceptors (Lipinski definition) is 3. The molecule has 116 valence electrons. The first-order valence-electron chi connectivity index (χ1n) is 7.55. The van der Waals surface area contributed by atoms with Gasteiger partial charge >= 0.3 is 0 Å². The van der Waals surface area contributed by atoms with E-state index < -0.39 is 0 Å². The van der Waals surface area contributed by atoms with E-state index in [4.69, 9.17) is 4.74 Å². The van der Waals surface area contributed by atoms with Crippen molar-refractivity contribution in [3.05, 3.63) is 60.2 Å². The smallest absolute Gasteiger partial charge is 0.239 e. The van der Waals surface area contributed by atoms with Crippen molar-refractivity contribution in [2.45, 2.75) is 19.9 Å². The van der Waals surface area contributed by atoms with Gasteiger partial charge in [0.25, 0.3) is 0 Å². The van der Waals surface area contributed by atoms with Crippen LogP contribution in [-0.4, -0.2) is 19.1 Å². The van der Waals surface area contributed by atoms with Gasteiger partial charge in [0.2, 0.25) is 5.91 Å². The molecule has 0 spiro atoms. The van der Waals surface area contributed by atoms with Gasteiger partial charge in [0.1, 0.15) is 5.75 Å². The minimum absolute atomic E-state index is 0.0382. The van der Waals surface area contributed by atoms with Crippen LogP contribution in [-0.2, 0) is 11.3 Å². The number of hydrogen-bond donors (Lipinski definition) is 2. The van der Waals surface area contributed by atoms with Crippen LogP contribution in [0.3, 0.4) is 0 Å². The first kappa shape index (κ1) is 15.9. The quantitative estimate of drug-likeness (QED) is 0.787. The maximum Gasteiger partial charge on any atom is 0.239 e. The molecule has 0 saturated heterocycles. The minimum Gasteiger partial charge on any atom is -0.494 e. The van der Waals surface area contributed by atoms with Gasteiger partial charge in [-0.15, -0.1) is 0 Å². The third-order valence-electron chi connectivity index (χ3n) is 3.09. The normalized spacial score (nSPS) is 10.0. The molecule has 2 aromatic carbocycles. The molecule has 0 unspecified atom stereocenters. The van der Waals surface area contributed by atoms with Crippen molar-refractivity contribution >= 4 is 11.6 Å². The van der Waals surface area contributed by atoms with E-state index in [1.807, 2.05) is 54.6 Å². The molecule has 0 radical (unpaired) electrons. The average Bonchev–Trinajstić information content (AvgIpc) is 2.57. The molecule has 22 heavy (non-hydrogen) atoms. The van der Waals surface area contributed by atoms with Crippen molar-refractivity contribution in [2.75, 3.05) is 18.5 Å². The monoisotopic (exact) mass is 298 g/mol. The van der Waals surface area contributed by atoms with Crippen LogP contribution in [0.2, 0.25) is 0 Å². The predicted molar refractivity (Wildman–Crippen MR) is 89.0 cm³/mol. The fourth-order valence-electron chi connectivity index (χ4n) is 1.96. The Balaban J connectivity index is 1.76. The topological polar surface area (TPSA) is 50.4 Å². The summed E-state index contributed by atoms with van der Waals surface area (Å²) in [6.45, 7) is 3.55. The van der Waals surface area contributed by atoms with Crippen molar-refractivity contribution in [3.8, 4) is 5.75 Å². The molecule has 0 aliphatic heterocycles. The number of ether oxygens (including phenoxy) is 1. The van der Waals surface area contributed by atoms with E-state index >= 15 is 0 Å². The van der Waals surface area contributed by atoms with E-state index in [1.165, 1.54) is 0 Å². The number of rotatable bonds is 8. The lowest BCUT2D eigenvalue weighted by Crippen LogP contribution is -2.29. The predicted octanol–water partition coefficient (Wildman–Crippen LogP) is 3.20. The Morgan fingerprint density at radius 2 is 1.91 bits per heavy atom. The van der Waals surface area contributed by atoms with E-state index in [0.717, 1.165) is 23.4 Å². The molecule has 2 aromatic rings. The maximum absolute atomic E-state index is 11.8. The largest absolute Gasteiger partial charge is 0.494 e. The Kier molecular flexibility index (Phi) is 6.30. The van der Waals surface area contributed by atoms with Crippen LogP contribution in [0.15, 0.2) is 54.6 Å². The van der Waals surface area contributed by atoms with Gasteiger partial charge in [0.05, 0.1) is 13.2 Å². The molecule has 0 bridgehead atoms. The van der Waals surface area contributed by atoms with Crippen molar-refractivity contribution < 1.29 is 9.53 Å². The molecular formula is C18H22N2O2. The highest BCUT2D eigenvalue weighted by Gasteiger charge is 2.02. The molecule has 0 atom stereocenters. The van der Waals surface area contributed by atoms with Crippen LogP contribution in [0.25, 0.3) is 0 Å². The molecule has 0 heterocycles. The molecule has 0 aliphatic rings. The van der Waals surface area contributed by atoms with Gasteiger partial charge in [-0.05, 0) is 24.1 Å². The van der Waals surface area contributed by atoms with Crippen molar-refractivity contribution in [3.63, 3.8) is 0 Å². The molecule has 2 rings (SSSR count). The Bertz CT molecular complexity index is 585. The molecule has 0 aliphatic carbocycles. The summed E-state index contributed by atoms with van der Waals surface area (Å²) in [6.07, 6.45) is 0.972. The third kappa shape index (κ3) is 5.48. The van der Waals surface area contributed by atoms with Gasteiger partial charge in [0.15, 0.2) is 0 Å². The highest BCUT2D eigenvalue weighted by atomic mass is 16.5. The van der Waals surface area contributed by atoms with E-state index in [1.54, 1.807) is 0 Å². The van der Waals surface area contributed by atoms with Gasteiger partial charge in [-0.25, -0.2) is 0 Å². The van der Waals surface area contributed by atoms with Crippen molar-refractivity contribution in [1.29, 1.82) is 0 Å². The average molecular weight is 298 g/mol. The highest BCUT2D eigenvalue weighted by Crippen LogP contribution is 2.17. The molecule has 0 saturated carbocycles. The van der Waals surface area contributed by atoms with Gasteiger partial charge in [-0.1, -0.05) is 43.3 Å². The van der Waals surface area contributed by atoms with Gasteiger partial charge in [-0.3, -0.25) is 4.79 Å². The number of carbonyl (C=O) groups is 1. The Morgan fingerprint density at radius 3 is 2.68 bits per heavy atom. The second-order valence-electron chi connectivity index (χ2n) is 4.99. The molecule has 1 amide bonds. The van der Waals surface area contributed by atoms with Crippen LogP contribution in [0, 0.1) is 0 Å². The number of anilines is 1. The summed E-state index contributed by atoms with van der Waals surface area (Å²) in [4.78, 5) is 11.8. The van der Waals surface area contributed by atoms with Crippen LogP contribution in [0.5, 0.6) is 5.75 Å². The summed E-state index contributed by atoms with van der Waals surface area (Å²) < 4.78 is 5.57. The zero-order valence-electron chi connectivity index (χ0n) is 12.8. The van der Waals surface area contributed by atoms with E-state index in [9.17, 15) is 4.79 Å². The zero-order valence-corrected chi connectivity index (χ0v) is 12.8. The number of nitrogens with one attached hydrogen (secondary N) is 2. The zero-order chi connectivity index (χ0) is 15.6. The van der Waals surface area contributed by atoms with Crippen molar-refractivity contribution in [1.82, 2.24) is 5.32 Å². The Labute approximate surface area is 131 Å². The highest BCUT2D eigenvalue weighted by molar-refractivity contribution is 5.80. The van der Waals surface area contributed by atoms with E-state index in [2.05, 4.69) is 17.6 Å². The number of carbonyl (C=O) groups excluding carboxylic acids is 1. The maximum atomic E-state index is 11.8. The summed E-state index contributed by atoms with van der Waals surface area (Å²) in [5, 5.41) is 5.99. The number of amides is 1. The lowest BCUT2D eigenvalue weighted by molar-refractivity contribution is -0.119. The van der Waals surface area contributed by atoms with Crippen LogP contribution < -0.4 is 15.4 Å². The number of benzene rings is 2. The summed E-state index contributed by atoms with van der Waals surface area (Å²) >= 11 is 0. The van der Waals surface area contributed by atoms with Crippen LogP contribution in [0.4, 0.5) is 5.69 Å². The van der Waals surface area contributed by atoms with Gasteiger partial charge < -0.3 is 15.4 Å². The fraction of sp³-hybridized carbons (Fsp3) is 0.278. The lowest BCUT2D eigenvalue weighted by Gasteiger charge is -2.10. The molecule has 0 aromatic heterocycles. The van der Waals surface area contributed by atoms with E-state index in [-0.39, 0.29) is 12.5 Å². The van der Waals surface area contributed by atoms with Gasteiger partial charge in [0, 0.05) is 18.3 Å². The van der Waals surface area contributed by atoms with Crippen LogP contribution >= 0.6 is 0 Å². The van der Waals surface area contributed by atoms with E-state index in [0.29, 0.717) is 13.2 Å². The second-order valence-corrected chi connectivity index (χ2v) is 4.99. The molecule has 0 fully saturated rings.